The van der Waals surface area contributed by atoms with Crippen molar-refractivity contribution in [3.63, 3.8) is 0 Å². The number of carbonyl (C=O) groups excluding carboxylic acids is 1. The molecule has 2 fully saturated rings. The molecule has 0 radical (unpaired) electrons. The SMILES string of the molecule is O=C(COc1ccc(S(=O)(=O)N2CCOCC2)cc1)N(C1=CCCCC1)C1CC1. The zero-order chi connectivity index (χ0) is 20.3. The first kappa shape index (κ1) is 20.4. The molecule has 1 saturated heterocycles. The van der Waals surface area contributed by atoms with Crippen molar-refractivity contribution in [3.8, 4) is 5.75 Å². The molecule has 1 aromatic carbocycles. The molecule has 0 spiro atoms. The first-order chi connectivity index (χ1) is 14.1. The Hall–Kier alpha value is -1.90. The number of amides is 1. The lowest BCUT2D eigenvalue weighted by molar-refractivity contribution is -0.132. The van der Waals surface area contributed by atoms with E-state index in [1.54, 1.807) is 12.1 Å². The van der Waals surface area contributed by atoms with Gasteiger partial charge in [-0.3, -0.25) is 4.79 Å². The third kappa shape index (κ3) is 4.82. The van der Waals surface area contributed by atoms with Gasteiger partial charge in [-0.2, -0.15) is 4.31 Å². The van der Waals surface area contributed by atoms with Crippen molar-refractivity contribution in [1.82, 2.24) is 9.21 Å². The molecule has 29 heavy (non-hydrogen) atoms. The van der Waals surface area contributed by atoms with Crippen molar-refractivity contribution in [2.75, 3.05) is 32.9 Å². The van der Waals surface area contributed by atoms with Gasteiger partial charge in [-0.05, 0) is 62.8 Å². The Kier molecular flexibility index (Phi) is 6.22. The Bertz CT molecular complexity index is 856. The highest BCUT2D eigenvalue weighted by Crippen LogP contribution is 2.33. The molecule has 0 aromatic heterocycles. The zero-order valence-electron chi connectivity index (χ0n) is 16.6. The Balaban J connectivity index is 1.37. The highest BCUT2D eigenvalue weighted by atomic mass is 32.2. The third-order valence-corrected chi connectivity index (χ3v) is 7.46. The standard InChI is InChI=1S/C21H28N2O5S/c24-21(23(18-6-7-18)17-4-2-1-3-5-17)16-28-19-8-10-20(11-9-19)29(25,26)22-12-14-27-15-13-22/h4,8-11,18H,1-3,5-7,12-16H2. The summed E-state index contributed by atoms with van der Waals surface area (Å²) in [7, 11) is -3.53. The van der Waals surface area contributed by atoms with Gasteiger partial charge in [0.2, 0.25) is 10.0 Å². The van der Waals surface area contributed by atoms with Crippen LogP contribution in [-0.4, -0.2) is 62.5 Å². The lowest BCUT2D eigenvalue weighted by Crippen LogP contribution is -2.40. The highest BCUT2D eigenvalue weighted by Gasteiger charge is 2.35. The summed E-state index contributed by atoms with van der Waals surface area (Å²) in [4.78, 5) is 14.9. The summed E-state index contributed by atoms with van der Waals surface area (Å²) in [6.45, 7) is 1.51. The van der Waals surface area contributed by atoms with Gasteiger partial charge in [0.1, 0.15) is 5.75 Å². The largest absolute Gasteiger partial charge is 0.484 e. The fraction of sp³-hybridized carbons (Fsp3) is 0.571. The molecule has 0 atom stereocenters. The van der Waals surface area contributed by atoms with Crippen molar-refractivity contribution in [1.29, 1.82) is 0 Å². The molecule has 1 aliphatic heterocycles. The Labute approximate surface area is 172 Å². The Morgan fingerprint density at radius 2 is 1.86 bits per heavy atom. The summed E-state index contributed by atoms with van der Waals surface area (Å²) in [5.41, 5.74) is 1.14. The maximum Gasteiger partial charge on any atom is 0.264 e. The molecule has 0 unspecified atom stereocenters. The molecule has 0 bridgehead atoms. The molecule has 1 saturated carbocycles. The molecule has 7 nitrogen and oxygen atoms in total. The van der Waals surface area contributed by atoms with Gasteiger partial charge in [-0.1, -0.05) is 6.08 Å². The van der Waals surface area contributed by atoms with Gasteiger partial charge >= 0.3 is 0 Å². The van der Waals surface area contributed by atoms with Crippen LogP contribution < -0.4 is 4.74 Å². The number of morpholine rings is 1. The average molecular weight is 421 g/mol. The fourth-order valence-electron chi connectivity index (χ4n) is 3.83. The van der Waals surface area contributed by atoms with E-state index in [0.29, 0.717) is 38.1 Å². The van der Waals surface area contributed by atoms with E-state index in [1.807, 2.05) is 4.90 Å². The van der Waals surface area contributed by atoms with Gasteiger partial charge in [-0.15, -0.1) is 0 Å². The Morgan fingerprint density at radius 3 is 2.48 bits per heavy atom. The molecule has 158 valence electrons. The van der Waals surface area contributed by atoms with Crippen LogP contribution in [0.3, 0.4) is 0 Å². The summed E-state index contributed by atoms with van der Waals surface area (Å²) in [5, 5.41) is 0. The monoisotopic (exact) mass is 420 g/mol. The number of hydrogen-bond donors (Lipinski definition) is 0. The second-order valence-corrected chi connectivity index (χ2v) is 9.65. The Morgan fingerprint density at radius 1 is 1.14 bits per heavy atom. The van der Waals surface area contributed by atoms with Crippen LogP contribution in [0.15, 0.2) is 40.9 Å². The van der Waals surface area contributed by atoms with E-state index in [0.717, 1.165) is 37.8 Å². The van der Waals surface area contributed by atoms with Gasteiger partial charge in [0.15, 0.2) is 6.61 Å². The molecule has 4 rings (SSSR count). The minimum Gasteiger partial charge on any atom is -0.484 e. The first-order valence-electron chi connectivity index (χ1n) is 10.4. The summed E-state index contributed by atoms with van der Waals surface area (Å²) < 4.78 is 37.7. The molecular weight excluding hydrogens is 392 g/mol. The van der Waals surface area contributed by atoms with E-state index in [1.165, 1.54) is 22.9 Å². The molecule has 0 N–H and O–H groups in total. The van der Waals surface area contributed by atoms with Crippen LogP contribution >= 0.6 is 0 Å². The van der Waals surface area contributed by atoms with Crippen LogP contribution in [-0.2, 0) is 19.6 Å². The number of allylic oxidation sites excluding steroid dienone is 2. The van der Waals surface area contributed by atoms with Crippen LogP contribution in [0.2, 0.25) is 0 Å². The van der Waals surface area contributed by atoms with Crippen molar-refractivity contribution in [2.24, 2.45) is 0 Å². The second kappa shape index (κ2) is 8.85. The molecular formula is C21H28N2O5S. The van der Waals surface area contributed by atoms with Crippen molar-refractivity contribution < 1.29 is 22.7 Å². The number of carbonyl (C=O) groups is 1. The predicted octanol–water partition coefficient (Wildman–Crippen LogP) is 2.54. The van der Waals surface area contributed by atoms with Crippen molar-refractivity contribution in [2.45, 2.75) is 49.5 Å². The van der Waals surface area contributed by atoms with Crippen LogP contribution in [0, 0.1) is 0 Å². The first-order valence-corrected chi connectivity index (χ1v) is 11.8. The topological polar surface area (TPSA) is 76.2 Å². The number of benzene rings is 1. The maximum absolute atomic E-state index is 12.8. The van der Waals surface area contributed by atoms with Gasteiger partial charge in [0, 0.05) is 24.8 Å². The van der Waals surface area contributed by atoms with Gasteiger partial charge in [0.05, 0.1) is 18.1 Å². The zero-order valence-corrected chi connectivity index (χ0v) is 17.4. The second-order valence-electron chi connectivity index (χ2n) is 7.71. The van der Waals surface area contributed by atoms with Crippen LogP contribution in [0.5, 0.6) is 5.75 Å². The summed E-state index contributed by atoms with van der Waals surface area (Å²) in [6, 6.07) is 6.61. The summed E-state index contributed by atoms with van der Waals surface area (Å²) in [5.74, 6) is 0.471. The van der Waals surface area contributed by atoms with Gasteiger partial charge in [0.25, 0.3) is 5.91 Å². The summed E-state index contributed by atoms with van der Waals surface area (Å²) in [6.07, 6.45) is 8.59. The third-order valence-electron chi connectivity index (χ3n) is 5.55. The van der Waals surface area contributed by atoms with Crippen LogP contribution in [0.1, 0.15) is 38.5 Å². The van der Waals surface area contributed by atoms with Crippen LogP contribution in [0.4, 0.5) is 0 Å². The quantitative estimate of drug-likeness (QED) is 0.678. The number of nitrogens with zero attached hydrogens (tertiary/aromatic N) is 2. The predicted molar refractivity (Wildman–Crippen MR) is 108 cm³/mol. The lowest BCUT2D eigenvalue weighted by Gasteiger charge is -2.27. The van der Waals surface area contributed by atoms with Crippen LogP contribution in [0.25, 0.3) is 0 Å². The van der Waals surface area contributed by atoms with Gasteiger partial charge in [-0.25, -0.2) is 8.42 Å². The van der Waals surface area contributed by atoms with Crippen molar-refractivity contribution in [3.05, 3.63) is 36.0 Å². The fourth-order valence-corrected chi connectivity index (χ4v) is 5.24. The smallest absolute Gasteiger partial charge is 0.264 e. The lowest BCUT2D eigenvalue weighted by atomic mass is 10.0. The molecule has 8 heteroatoms. The average Bonchev–Trinajstić information content (AvgIpc) is 3.59. The molecule has 2 aliphatic carbocycles. The van der Waals surface area contributed by atoms with Crippen molar-refractivity contribution >= 4 is 15.9 Å². The number of hydrogen-bond acceptors (Lipinski definition) is 5. The maximum atomic E-state index is 12.8. The molecule has 3 aliphatic rings. The number of ether oxygens (including phenoxy) is 2. The van der Waals surface area contributed by atoms with E-state index in [-0.39, 0.29) is 17.4 Å². The van der Waals surface area contributed by atoms with E-state index in [9.17, 15) is 13.2 Å². The number of rotatable bonds is 7. The van der Waals surface area contributed by atoms with E-state index >= 15 is 0 Å². The summed E-state index contributed by atoms with van der Waals surface area (Å²) >= 11 is 0. The molecule has 1 amide bonds. The molecule has 1 aromatic rings. The van der Waals surface area contributed by atoms with E-state index in [4.69, 9.17) is 9.47 Å². The molecule has 1 heterocycles. The van der Waals surface area contributed by atoms with E-state index in [2.05, 4.69) is 6.08 Å². The number of sulfonamides is 1. The minimum atomic E-state index is -3.53. The van der Waals surface area contributed by atoms with E-state index < -0.39 is 10.0 Å². The highest BCUT2D eigenvalue weighted by molar-refractivity contribution is 7.89. The van der Waals surface area contributed by atoms with Gasteiger partial charge < -0.3 is 14.4 Å². The normalized spacial score (nSPS) is 20.8. The minimum absolute atomic E-state index is 0.0225.